The molecule has 0 spiro atoms. The Morgan fingerprint density at radius 2 is 1.91 bits per heavy atom. The first kappa shape index (κ1) is 15.6. The topological polar surface area (TPSA) is 16.1 Å². The van der Waals surface area contributed by atoms with Crippen LogP contribution in [0.3, 0.4) is 0 Å². The molecule has 120 valence electrons. The van der Waals surface area contributed by atoms with Gasteiger partial charge in [0.2, 0.25) is 0 Å². The molecule has 0 N–H and O–H groups in total. The van der Waals surface area contributed by atoms with Crippen molar-refractivity contribution >= 4 is 5.82 Å². The molecule has 1 aromatic rings. The third kappa shape index (κ3) is 3.37. The lowest BCUT2D eigenvalue weighted by atomic mass is 9.82. The van der Waals surface area contributed by atoms with Crippen molar-refractivity contribution in [2.45, 2.75) is 65.2 Å². The van der Waals surface area contributed by atoms with Crippen LogP contribution in [0.15, 0.2) is 24.3 Å². The van der Waals surface area contributed by atoms with Gasteiger partial charge in [0.15, 0.2) is 0 Å². The molecule has 22 heavy (non-hydrogen) atoms. The number of hydrogen-bond acceptors (Lipinski definition) is 2. The Morgan fingerprint density at radius 3 is 2.64 bits per heavy atom. The van der Waals surface area contributed by atoms with Crippen LogP contribution in [0.1, 0.15) is 70.1 Å². The standard InChI is InChI=1S/C20H30N2/c1-15-6-5-7-17-8-9-18(21-19(17)16(2)14-15)22-12-10-20(3,4)11-13-22/h8-9,16H,1,5-7,10-14H2,2-4H3/t16-/m1/s1. The number of allylic oxidation sites excluding steroid dienone is 1. The highest BCUT2D eigenvalue weighted by Crippen LogP contribution is 2.34. The lowest BCUT2D eigenvalue weighted by Crippen LogP contribution is -2.37. The van der Waals surface area contributed by atoms with E-state index in [0.29, 0.717) is 11.3 Å². The van der Waals surface area contributed by atoms with Crippen LogP contribution in [-0.2, 0) is 6.42 Å². The number of anilines is 1. The van der Waals surface area contributed by atoms with Gasteiger partial charge in [-0.3, -0.25) is 0 Å². The second-order valence-electron chi connectivity index (χ2n) is 8.07. The summed E-state index contributed by atoms with van der Waals surface area (Å²) in [5, 5.41) is 0. The monoisotopic (exact) mass is 298 g/mol. The fraction of sp³-hybridized carbons (Fsp3) is 0.650. The van der Waals surface area contributed by atoms with E-state index in [9.17, 15) is 0 Å². The number of aryl methyl sites for hydroxylation is 1. The van der Waals surface area contributed by atoms with E-state index in [-0.39, 0.29) is 0 Å². The zero-order chi connectivity index (χ0) is 15.7. The molecule has 1 aliphatic heterocycles. The van der Waals surface area contributed by atoms with Gasteiger partial charge in [-0.1, -0.05) is 39.0 Å². The third-order valence-corrected chi connectivity index (χ3v) is 5.48. The number of rotatable bonds is 1. The Hall–Kier alpha value is -1.31. The average molecular weight is 298 g/mol. The molecular formula is C20H30N2. The summed E-state index contributed by atoms with van der Waals surface area (Å²) < 4.78 is 0. The molecule has 1 atom stereocenters. The maximum absolute atomic E-state index is 5.09. The summed E-state index contributed by atoms with van der Waals surface area (Å²) in [7, 11) is 0. The SMILES string of the molecule is C=C1CCCc2ccc(N3CCC(C)(C)CC3)nc2[C@H](C)C1. The minimum Gasteiger partial charge on any atom is -0.357 e. The summed E-state index contributed by atoms with van der Waals surface area (Å²) >= 11 is 0. The molecule has 1 aromatic heterocycles. The summed E-state index contributed by atoms with van der Waals surface area (Å²) in [5.74, 6) is 1.69. The summed E-state index contributed by atoms with van der Waals surface area (Å²) in [4.78, 5) is 7.56. The molecule has 2 heteroatoms. The first-order valence-electron chi connectivity index (χ1n) is 8.86. The molecule has 0 aromatic carbocycles. The van der Waals surface area contributed by atoms with Crippen molar-refractivity contribution in [3.8, 4) is 0 Å². The average Bonchev–Trinajstić information content (AvgIpc) is 2.46. The predicted octanol–water partition coefficient (Wildman–Crippen LogP) is 5.09. The molecule has 2 aliphatic rings. The number of hydrogen-bond donors (Lipinski definition) is 0. The molecule has 3 rings (SSSR count). The van der Waals surface area contributed by atoms with Crippen LogP contribution < -0.4 is 4.90 Å². The van der Waals surface area contributed by atoms with Crippen LogP contribution in [0.25, 0.3) is 0 Å². The van der Waals surface area contributed by atoms with E-state index in [1.54, 1.807) is 0 Å². The predicted molar refractivity (Wildman–Crippen MR) is 94.6 cm³/mol. The number of pyridine rings is 1. The maximum atomic E-state index is 5.09. The van der Waals surface area contributed by atoms with Gasteiger partial charge in [-0.2, -0.15) is 0 Å². The Kier molecular flexibility index (Phi) is 4.29. The van der Waals surface area contributed by atoms with Gasteiger partial charge in [0.1, 0.15) is 5.82 Å². The molecule has 0 amide bonds. The van der Waals surface area contributed by atoms with Crippen LogP contribution >= 0.6 is 0 Å². The highest BCUT2D eigenvalue weighted by atomic mass is 15.2. The van der Waals surface area contributed by atoms with Crippen molar-refractivity contribution in [1.29, 1.82) is 0 Å². The zero-order valence-electron chi connectivity index (χ0n) is 14.5. The minimum atomic E-state index is 0.491. The van der Waals surface area contributed by atoms with Gasteiger partial charge in [0, 0.05) is 24.7 Å². The summed E-state index contributed by atoms with van der Waals surface area (Å²) in [6.07, 6.45) is 7.16. The largest absolute Gasteiger partial charge is 0.357 e. The number of fused-ring (bicyclic) bond motifs is 1. The van der Waals surface area contributed by atoms with Crippen LogP contribution in [0.4, 0.5) is 5.82 Å². The fourth-order valence-electron chi connectivity index (χ4n) is 3.81. The molecule has 0 saturated carbocycles. The van der Waals surface area contributed by atoms with Crippen LogP contribution in [0.2, 0.25) is 0 Å². The first-order valence-corrected chi connectivity index (χ1v) is 8.86. The Balaban J connectivity index is 1.83. The number of nitrogens with zero attached hydrogens (tertiary/aromatic N) is 2. The first-order chi connectivity index (χ1) is 10.4. The fourth-order valence-corrected chi connectivity index (χ4v) is 3.81. The van der Waals surface area contributed by atoms with E-state index in [1.807, 2.05) is 0 Å². The third-order valence-electron chi connectivity index (χ3n) is 5.48. The molecule has 2 heterocycles. The summed E-state index contributed by atoms with van der Waals surface area (Å²) in [6.45, 7) is 13.6. The smallest absolute Gasteiger partial charge is 0.128 e. The Bertz CT molecular complexity index is 549. The second kappa shape index (κ2) is 6.06. The van der Waals surface area contributed by atoms with Crippen molar-refractivity contribution in [3.05, 3.63) is 35.5 Å². The van der Waals surface area contributed by atoms with Crippen molar-refractivity contribution in [2.75, 3.05) is 18.0 Å². The molecular weight excluding hydrogens is 268 g/mol. The number of aromatic nitrogens is 1. The van der Waals surface area contributed by atoms with Gasteiger partial charge in [-0.25, -0.2) is 4.98 Å². The molecule has 1 fully saturated rings. The molecule has 2 nitrogen and oxygen atoms in total. The van der Waals surface area contributed by atoms with E-state index in [2.05, 4.69) is 44.4 Å². The minimum absolute atomic E-state index is 0.491. The van der Waals surface area contributed by atoms with Gasteiger partial charge in [-0.15, -0.1) is 0 Å². The van der Waals surface area contributed by atoms with E-state index >= 15 is 0 Å². The van der Waals surface area contributed by atoms with E-state index in [4.69, 9.17) is 4.98 Å². The van der Waals surface area contributed by atoms with E-state index < -0.39 is 0 Å². The zero-order valence-corrected chi connectivity index (χ0v) is 14.5. The summed E-state index contributed by atoms with van der Waals surface area (Å²) in [6, 6.07) is 4.59. The molecule has 0 unspecified atom stereocenters. The normalized spacial score (nSPS) is 25.3. The Labute approximate surface area is 135 Å². The van der Waals surface area contributed by atoms with Crippen molar-refractivity contribution in [2.24, 2.45) is 5.41 Å². The van der Waals surface area contributed by atoms with Crippen molar-refractivity contribution < 1.29 is 0 Å². The lowest BCUT2D eigenvalue weighted by Gasteiger charge is -2.38. The molecule has 0 radical (unpaired) electrons. The lowest BCUT2D eigenvalue weighted by molar-refractivity contribution is 0.279. The van der Waals surface area contributed by atoms with Gasteiger partial charge >= 0.3 is 0 Å². The van der Waals surface area contributed by atoms with Crippen molar-refractivity contribution in [3.63, 3.8) is 0 Å². The van der Waals surface area contributed by atoms with Gasteiger partial charge in [0.05, 0.1) is 0 Å². The maximum Gasteiger partial charge on any atom is 0.128 e. The van der Waals surface area contributed by atoms with Gasteiger partial charge < -0.3 is 4.90 Å². The van der Waals surface area contributed by atoms with Gasteiger partial charge in [0.25, 0.3) is 0 Å². The highest BCUT2D eigenvalue weighted by Gasteiger charge is 2.26. The highest BCUT2D eigenvalue weighted by molar-refractivity contribution is 5.43. The van der Waals surface area contributed by atoms with Crippen LogP contribution in [0.5, 0.6) is 0 Å². The second-order valence-corrected chi connectivity index (χ2v) is 8.07. The quantitative estimate of drug-likeness (QED) is 0.671. The van der Waals surface area contributed by atoms with Crippen molar-refractivity contribution in [1.82, 2.24) is 4.98 Å². The van der Waals surface area contributed by atoms with E-state index in [1.165, 1.54) is 48.3 Å². The Morgan fingerprint density at radius 1 is 1.18 bits per heavy atom. The molecule has 0 bridgehead atoms. The summed E-state index contributed by atoms with van der Waals surface area (Å²) in [5.41, 5.74) is 4.67. The van der Waals surface area contributed by atoms with Crippen LogP contribution in [0, 0.1) is 5.41 Å². The van der Waals surface area contributed by atoms with E-state index in [0.717, 1.165) is 25.9 Å². The number of piperidine rings is 1. The van der Waals surface area contributed by atoms with Crippen LogP contribution in [-0.4, -0.2) is 18.1 Å². The molecule has 1 saturated heterocycles. The van der Waals surface area contributed by atoms with Gasteiger partial charge in [-0.05, 0) is 55.6 Å². The molecule has 1 aliphatic carbocycles.